The molecule has 5 heteroatoms. The molecule has 0 aliphatic rings. The molecule has 0 aliphatic carbocycles. The molecule has 0 saturated carbocycles. The standard InChI is InChI=1S/C26H29ClN2O2/c1-5-28(6-2)26(30)23-9-7-8-10-25(23)29(24-16-13-21(27)17-19(24)3)18-20-11-14-22(31-4)15-12-20/h7-17H,5-6,18H2,1-4H3. The highest BCUT2D eigenvalue weighted by Gasteiger charge is 2.22. The number of halogens is 1. The normalized spacial score (nSPS) is 10.6. The third-order valence-electron chi connectivity index (χ3n) is 5.43. The van der Waals surface area contributed by atoms with Gasteiger partial charge >= 0.3 is 0 Å². The average Bonchev–Trinajstić information content (AvgIpc) is 2.79. The Bertz CT molecular complexity index is 1030. The molecule has 1 amide bonds. The first kappa shape index (κ1) is 22.7. The number of benzene rings is 3. The topological polar surface area (TPSA) is 32.8 Å². The minimum absolute atomic E-state index is 0.0342. The Balaban J connectivity index is 2.11. The van der Waals surface area contributed by atoms with Crippen molar-refractivity contribution in [1.29, 1.82) is 0 Å². The van der Waals surface area contributed by atoms with Crippen LogP contribution < -0.4 is 9.64 Å². The predicted octanol–water partition coefficient (Wildman–Crippen LogP) is 6.48. The summed E-state index contributed by atoms with van der Waals surface area (Å²) in [6, 6.07) is 21.7. The lowest BCUT2D eigenvalue weighted by Gasteiger charge is -2.30. The number of hydrogen-bond donors (Lipinski definition) is 0. The number of carbonyl (C=O) groups is 1. The summed E-state index contributed by atoms with van der Waals surface area (Å²) in [6.07, 6.45) is 0. The van der Waals surface area contributed by atoms with Gasteiger partial charge in [0.1, 0.15) is 5.75 Å². The quantitative estimate of drug-likeness (QED) is 0.405. The molecule has 0 spiro atoms. The van der Waals surface area contributed by atoms with E-state index in [1.165, 1.54) is 0 Å². The Hall–Kier alpha value is -2.98. The maximum Gasteiger partial charge on any atom is 0.255 e. The lowest BCUT2D eigenvalue weighted by molar-refractivity contribution is 0.0773. The van der Waals surface area contributed by atoms with Crippen molar-refractivity contribution in [2.45, 2.75) is 27.3 Å². The zero-order valence-corrected chi connectivity index (χ0v) is 19.3. The molecule has 3 aromatic rings. The molecule has 0 atom stereocenters. The first-order valence-corrected chi connectivity index (χ1v) is 10.9. The second-order valence-electron chi connectivity index (χ2n) is 7.36. The highest BCUT2D eigenvalue weighted by atomic mass is 35.5. The fraction of sp³-hybridized carbons (Fsp3) is 0.269. The van der Waals surface area contributed by atoms with Crippen LogP contribution in [0.3, 0.4) is 0 Å². The number of carbonyl (C=O) groups excluding carboxylic acids is 1. The van der Waals surface area contributed by atoms with Crippen LogP contribution in [0.25, 0.3) is 0 Å². The van der Waals surface area contributed by atoms with E-state index in [-0.39, 0.29) is 5.91 Å². The molecule has 0 saturated heterocycles. The molecule has 0 bridgehead atoms. The van der Waals surface area contributed by atoms with E-state index in [2.05, 4.69) is 4.90 Å². The smallest absolute Gasteiger partial charge is 0.255 e. The van der Waals surface area contributed by atoms with E-state index in [9.17, 15) is 4.79 Å². The van der Waals surface area contributed by atoms with Gasteiger partial charge in [-0.05, 0) is 74.4 Å². The van der Waals surface area contributed by atoms with Gasteiger partial charge in [-0.2, -0.15) is 0 Å². The van der Waals surface area contributed by atoms with Crippen LogP contribution in [0, 0.1) is 6.92 Å². The number of para-hydroxylation sites is 1. The summed E-state index contributed by atoms with van der Waals surface area (Å²) >= 11 is 6.23. The molecule has 4 nitrogen and oxygen atoms in total. The zero-order chi connectivity index (χ0) is 22.4. The zero-order valence-electron chi connectivity index (χ0n) is 18.6. The van der Waals surface area contributed by atoms with Gasteiger partial charge in [0.25, 0.3) is 5.91 Å². The van der Waals surface area contributed by atoms with E-state index >= 15 is 0 Å². The van der Waals surface area contributed by atoms with E-state index in [0.29, 0.717) is 30.2 Å². The summed E-state index contributed by atoms with van der Waals surface area (Å²) in [5, 5.41) is 0.693. The van der Waals surface area contributed by atoms with E-state index < -0.39 is 0 Å². The Labute approximate surface area is 190 Å². The molecular weight excluding hydrogens is 408 g/mol. The van der Waals surface area contributed by atoms with Crippen LogP contribution in [0.5, 0.6) is 5.75 Å². The molecular formula is C26H29ClN2O2. The molecule has 0 aliphatic heterocycles. The first-order valence-electron chi connectivity index (χ1n) is 10.5. The molecule has 0 N–H and O–H groups in total. The average molecular weight is 437 g/mol. The molecule has 0 heterocycles. The largest absolute Gasteiger partial charge is 0.497 e. The minimum Gasteiger partial charge on any atom is -0.497 e. The third-order valence-corrected chi connectivity index (χ3v) is 5.66. The molecule has 0 radical (unpaired) electrons. The lowest BCUT2D eigenvalue weighted by atomic mass is 10.1. The summed E-state index contributed by atoms with van der Waals surface area (Å²) in [6.45, 7) is 7.99. The van der Waals surface area contributed by atoms with Crippen LogP contribution >= 0.6 is 11.6 Å². The van der Waals surface area contributed by atoms with Crippen molar-refractivity contribution in [2.24, 2.45) is 0 Å². The number of methoxy groups -OCH3 is 1. The van der Waals surface area contributed by atoms with Gasteiger partial charge in [-0.1, -0.05) is 35.9 Å². The summed E-state index contributed by atoms with van der Waals surface area (Å²) in [5.41, 5.74) is 4.74. The van der Waals surface area contributed by atoms with Gasteiger partial charge in [0.05, 0.1) is 18.4 Å². The van der Waals surface area contributed by atoms with E-state index in [1.54, 1.807) is 7.11 Å². The number of amides is 1. The van der Waals surface area contributed by atoms with Gasteiger partial charge in [-0.3, -0.25) is 4.79 Å². The molecule has 31 heavy (non-hydrogen) atoms. The van der Waals surface area contributed by atoms with Crippen molar-refractivity contribution < 1.29 is 9.53 Å². The van der Waals surface area contributed by atoms with E-state index in [4.69, 9.17) is 16.3 Å². The fourth-order valence-corrected chi connectivity index (χ4v) is 3.93. The predicted molar refractivity (Wildman–Crippen MR) is 129 cm³/mol. The number of rotatable bonds is 8. The van der Waals surface area contributed by atoms with Crippen molar-refractivity contribution in [2.75, 3.05) is 25.1 Å². The summed E-state index contributed by atoms with van der Waals surface area (Å²) < 4.78 is 5.30. The van der Waals surface area contributed by atoms with E-state index in [1.807, 2.05) is 92.4 Å². The molecule has 0 unspecified atom stereocenters. The van der Waals surface area contributed by atoms with Gasteiger partial charge in [-0.25, -0.2) is 0 Å². The second kappa shape index (κ2) is 10.4. The minimum atomic E-state index is 0.0342. The van der Waals surface area contributed by atoms with Crippen molar-refractivity contribution in [1.82, 2.24) is 4.90 Å². The monoisotopic (exact) mass is 436 g/mol. The van der Waals surface area contributed by atoms with E-state index in [0.717, 1.165) is 28.3 Å². The number of aryl methyl sites for hydroxylation is 1. The maximum absolute atomic E-state index is 13.3. The Morgan fingerprint density at radius 1 is 0.935 bits per heavy atom. The van der Waals surface area contributed by atoms with Crippen LogP contribution in [-0.4, -0.2) is 31.0 Å². The molecule has 0 fully saturated rings. The number of ether oxygens (including phenoxy) is 1. The molecule has 3 rings (SSSR count). The van der Waals surface area contributed by atoms with Crippen LogP contribution in [0.2, 0.25) is 5.02 Å². The summed E-state index contributed by atoms with van der Waals surface area (Å²) in [5.74, 6) is 0.849. The van der Waals surface area contributed by atoms with Gasteiger partial charge < -0.3 is 14.5 Å². The van der Waals surface area contributed by atoms with Crippen molar-refractivity contribution >= 4 is 28.9 Å². The first-order chi connectivity index (χ1) is 15.0. The lowest BCUT2D eigenvalue weighted by Crippen LogP contribution is -2.32. The van der Waals surface area contributed by atoms with Crippen LogP contribution in [0.1, 0.15) is 35.3 Å². The van der Waals surface area contributed by atoms with Crippen molar-refractivity contribution in [3.05, 3.63) is 88.4 Å². The third kappa shape index (κ3) is 5.20. The van der Waals surface area contributed by atoms with Crippen molar-refractivity contribution in [3.8, 4) is 5.75 Å². The SMILES string of the molecule is CCN(CC)C(=O)c1ccccc1N(Cc1ccc(OC)cc1)c1ccc(Cl)cc1C. The van der Waals surface area contributed by atoms with Gasteiger partial charge in [0, 0.05) is 30.3 Å². The van der Waals surface area contributed by atoms with Gasteiger partial charge in [0.15, 0.2) is 0 Å². The number of hydrogen-bond acceptors (Lipinski definition) is 3. The molecule has 3 aromatic carbocycles. The number of anilines is 2. The fourth-order valence-electron chi connectivity index (χ4n) is 3.71. The van der Waals surface area contributed by atoms with Crippen LogP contribution in [-0.2, 0) is 6.54 Å². The Kier molecular flexibility index (Phi) is 7.59. The summed E-state index contributed by atoms with van der Waals surface area (Å²) in [7, 11) is 1.66. The molecule has 0 aromatic heterocycles. The van der Waals surface area contributed by atoms with Gasteiger partial charge in [0.2, 0.25) is 0 Å². The highest BCUT2D eigenvalue weighted by Crippen LogP contribution is 2.34. The Morgan fingerprint density at radius 2 is 1.61 bits per heavy atom. The molecule has 162 valence electrons. The second-order valence-corrected chi connectivity index (χ2v) is 7.80. The summed E-state index contributed by atoms with van der Waals surface area (Å²) in [4.78, 5) is 17.3. The van der Waals surface area contributed by atoms with Crippen LogP contribution in [0.15, 0.2) is 66.7 Å². The number of nitrogens with zero attached hydrogens (tertiary/aromatic N) is 2. The maximum atomic E-state index is 13.3. The Morgan fingerprint density at radius 3 is 2.23 bits per heavy atom. The van der Waals surface area contributed by atoms with Gasteiger partial charge in [-0.15, -0.1) is 0 Å². The highest BCUT2D eigenvalue weighted by molar-refractivity contribution is 6.30. The van der Waals surface area contributed by atoms with Crippen LogP contribution in [0.4, 0.5) is 11.4 Å². The van der Waals surface area contributed by atoms with Crippen molar-refractivity contribution in [3.63, 3.8) is 0 Å².